The molecule has 0 unspecified atom stereocenters. The molecule has 0 heterocycles. The zero-order valence-corrected chi connectivity index (χ0v) is 14.4. The van der Waals surface area contributed by atoms with E-state index in [0.29, 0.717) is 6.04 Å². The Balaban J connectivity index is 1.95. The highest BCUT2D eigenvalue weighted by molar-refractivity contribution is 5.96. The minimum atomic E-state index is 0.396. The molecule has 0 bridgehead atoms. The summed E-state index contributed by atoms with van der Waals surface area (Å²) in [5.41, 5.74) is 5.49. The fourth-order valence-electron chi connectivity index (χ4n) is 3.79. The van der Waals surface area contributed by atoms with Crippen molar-refractivity contribution >= 4 is 28.2 Å². The quantitative estimate of drug-likeness (QED) is 0.545. The standard InChI is InChI=1S/C23H23N/c1-17(2)24(22-15-7-11-18-9-3-5-13-20(18)22)23-16-8-12-19-10-4-6-14-21(19)23/h3-5,7-13,15-17H,6,14H2,1-2H3. The molecule has 4 rings (SSSR count). The third-order valence-electron chi connectivity index (χ3n) is 4.85. The van der Waals surface area contributed by atoms with Gasteiger partial charge in [-0.1, -0.05) is 60.7 Å². The number of hydrogen-bond acceptors (Lipinski definition) is 1. The van der Waals surface area contributed by atoms with Crippen molar-refractivity contribution in [2.75, 3.05) is 4.90 Å². The van der Waals surface area contributed by atoms with Gasteiger partial charge in [0.05, 0.1) is 0 Å². The molecular weight excluding hydrogens is 290 g/mol. The van der Waals surface area contributed by atoms with Gasteiger partial charge in [-0.05, 0) is 55.3 Å². The molecule has 0 amide bonds. The highest BCUT2D eigenvalue weighted by Crippen LogP contribution is 2.38. The average molecular weight is 313 g/mol. The van der Waals surface area contributed by atoms with Crippen molar-refractivity contribution in [3.63, 3.8) is 0 Å². The van der Waals surface area contributed by atoms with Crippen LogP contribution in [0.2, 0.25) is 0 Å². The van der Waals surface area contributed by atoms with E-state index in [-0.39, 0.29) is 0 Å². The summed E-state index contributed by atoms with van der Waals surface area (Å²) >= 11 is 0. The van der Waals surface area contributed by atoms with Crippen molar-refractivity contribution in [2.45, 2.75) is 32.7 Å². The van der Waals surface area contributed by atoms with Crippen molar-refractivity contribution in [3.8, 4) is 0 Å². The predicted molar refractivity (Wildman–Crippen MR) is 105 cm³/mol. The minimum absolute atomic E-state index is 0.396. The molecule has 3 aromatic rings. The van der Waals surface area contributed by atoms with Gasteiger partial charge in [0, 0.05) is 22.8 Å². The fraction of sp³-hybridized carbons (Fsp3) is 0.217. The van der Waals surface area contributed by atoms with Gasteiger partial charge in [0.1, 0.15) is 0 Å². The van der Waals surface area contributed by atoms with Crippen LogP contribution >= 0.6 is 0 Å². The lowest BCUT2D eigenvalue weighted by atomic mass is 9.94. The first kappa shape index (κ1) is 15.0. The molecule has 1 aliphatic carbocycles. The molecule has 1 aliphatic rings. The summed E-state index contributed by atoms with van der Waals surface area (Å²) in [7, 11) is 0. The third kappa shape index (κ3) is 2.50. The number of benzene rings is 3. The van der Waals surface area contributed by atoms with Crippen LogP contribution in [0.1, 0.15) is 31.4 Å². The van der Waals surface area contributed by atoms with Gasteiger partial charge < -0.3 is 4.90 Å². The molecule has 120 valence electrons. The van der Waals surface area contributed by atoms with Gasteiger partial charge in [-0.15, -0.1) is 0 Å². The van der Waals surface area contributed by atoms with Crippen LogP contribution in [0.5, 0.6) is 0 Å². The molecule has 0 fully saturated rings. The SMILES string of the molecule is CC(C)N(c1cccc2c1CCC=C2)c1cccc2ccccc12. The van der Waals surface area contributed by atoms with E-state index in [4.69, 9.17) is 0 Å². The molecule has 0 atom stereocenters. The number of anilines is 2. The van der Waals surface area contributed by atoms with Gasteiger partial charge in [0.2, 0.25) is 0 Å². The van der Waals surface area contributed by atoms with E-state index in [0.717, 1.165) is 12.8 Å². The van der Waals surface area contributed by atoms with E-state index in [1.165, 1.54) is 33.3 Å². The minimum Gasteiger partial charge on any atom is -0.338 e. The monoisotopic (exact) mass is 313 g/mol. The Bertz CT molecular complexity index is 900. The second kappa shape index (κ2) is 6.16. The summed E-state index contributed by atoms with van der Waals surface area (Å²) in [6, 6.07) is 22.4. The smallest absolute Gasteiger partial charge is 0.0492 e. The molecule has 3 aromatic carbocycles. The van der Waals surface area contributed by atoms with Crippen LogP contribution in [-0.2, 0) is 6.42 Å². The number of allylic oxidation sites excluding steroid dienone is 1. The van der Waals surface area contributed by atoms with Crippen LogP contribution < -0.4 is 4.90 Å². The Labute approximate surface area is 144 Å². The van der Waals surface area contributed by atoms with Crippen molar-refractivity contribution in [1.82, 2.24) is 0 Å². The Morgan fingerprint density at radius 2 is 1.58 bits per heavy atom. The summed E-state index contributed by atoms with van der Waals surface area (Å²) in [5, 5.41) is 2.61. The van der Waals surface area contributed by atoms with Crippen LogP contribution in [0.3, 0.4) is 0 Å². The maximum absolute atomic E-state index is 2.50. The summed E-state index contributed by atoms with van der Waals surface area (Å²) in [5.74, 6) is 0. The Hall–Kier alpha value is -2.54. The third-order valence-corrected chi connectivity index (χ3v) is 4.85. The Morgan fingerprint density at radius 3 is 2.46 bits per heavy atom. The van der Waals surface area contributed by atoms with Crippen LogP contribution in [-0.4, -0.2) is 6.04 Å². The first-order valence-electron chi connectivity index (χ1n) is 8.81. The van der Waals surface area contributed by atoms with Crippen LogP contribution in [0.25, 0.3) is 16.8 Å². The number of hydrogen-bond donors (Lipinski definition) is 0. The molecule has 0 aliphatic heterocycles. The highest BCUT2D eigenvalue weighted by atomic mass is 15.2. The van der Waals surface area contributed by atoms with E-state index < -0.39 is 0 Å². The van der Waals surface area contributed by atoms with Crippen molar-refractivity contribution in [2.24, 2.45) is 0 Å². The summed E-state index contributed by atoms with van der Waals surface area (Å²) in [4.78, 5) is 2.50. The van der Waals surface area contributed by atoms with Crippen LogP contribution in [0.4, 0.5) is 11.4 Å². The number of fused-ring (bicyclic) bond motifs is 2. The lowest BCUT2D eigenvalue weighted by Gasteiger charge is -2.33. The van der Waals surface area contributed by atoms with E-state index in [9.17, 15) is 0 Å². The number of rotatable bonds is 3. The van der Waals surface area contributed by atoms with E-state index >= 15 is 0 Å². The Morgan fingerprint density at radius 1 is 0.833 bits per heavy atom. The molecule has 0 aromatic heterocycles. The lowest BCUT2D eigenvalue weighted by Crippen LogP contribution is -2.27. The first-order valence-corrected chi connectivity index (χ1v) is 8.81. The molecule has 0 spiro atoms. The van der Waals surface area contributed by atoms with Crippen LogP contribution in [0.15, 0.2) is 66.7 Å². The molecule has 0 N–H and O–H groups in total. The second-order valence-corrected chi connectivity index (χ2v) is 6.75. The maximum Gasteiger partial charge on any atom is 0.0492 e. The van der Waals surface area contributed by atoms with Crippen molar-refractivity contribution < 1.29 is 0 Å². The average Bonchev–Trinajstić information content (AvgIpc) is 2.62. The molecule has 0 saturated heterocycles. The zero-order chi connectivity index (χ0) is 16.5. The van der Waals surface area contributed by atoms with Gasteiger partial charge in [-0.2, -0.15) is 0 Å². The Kier molecular flexibility index (Phi) is 3.86. The van der Waals surface area contributed by atoms with Gasteiger partial charge in [0.25, 0.3) is 0 Å². The van der Waals surface area contributed by atoms with Gasteiger partial charge >= 0.3 is 0 Å². The zero-order valence-electron chi connectivity index (χ0n) is 14.4. The summed E-state index contributed by atoms with van der Waals surface area (Å²) in [6.07, 6.45) is 6.80. The summed E-state index contributed by atoms with van der Waals surface area (Å²) in [6.45, 7) is 4.56. The molecule has 24 heavy (non-hydrogen) atoms. The highest BCUT2D eigenvalue weighted by Gasteiger charge is 2.20. The fourth-order valence-corrected chi connectivity index (χ4v) is 3.79. The van der Waals surface area contributed by atoms with E-state index in [1.54, 1.807) is 0 Å². The number of nitrogens with zero attached hydrogens (tertiary/aromatic N) is 1. The van der Waals surface area contributed by atoms with Crippen molar-refractivity contribution in [1.29, 1.82) is 0 Å². The second-order valence-electron chi connectivity index (χ2n) is 6.75. The van der Waals surface area contributed by atoms with Gasteiger partial charge in [-0.3, -0.25) is 0 Å². The largest absolute Gasteiger partial charge is 0.338 e. The van der Waals surface area contributed by atoms with E-state index in [2.05, 4.69) is 91.6 Å². The normalized spacial score (nSPS) is 13.3. The predicted octanol–water partition coefficient (Wildman–Crippen LogP) is 6.35. The van der Waals surface area contributed by atoms with Crippen molar-refractivity contribution in [3.05, 3.63) is 77.9 Å². The summed E-state index contributed by atoms with van der Waals surface area (Å²) < 4.78 is 0. The maximum atomic E-state index is 2.50. The van der Waals surface area contributed by atoms with Gasteiger partial charge in [0.15, 0.2) is 0 Å². The molecule has 1 heteroatoms. The topological polar surface area (TPSA) is 3.24 Å². The van der Waals surface area contributed by atoms with E-state index in [1.807, 2.05) is 0 Å². The van der Waals surface area contributed by atoms with Gasteiger partial charge in [-0.25, -0.2) is 0 Å². The molecular formula is C23H23N. The van der Waals surface area contributed by atoms with Crippen LogP contribution in [0, 0.1) is 0 Å². The molecule has 0 saturated carbocycles. The molecule has 0 radical (unpaired) electrons. The lowest BCUT2D eigenvalue weighted by molar-refractivity contribution is 0.783. The molecule has 1 nitrogen and oxygen atoms in total. The first-order chi connectivity index (χ1) is 11.8.